The molecule has 5 nitrogen and oxygen atoms in total. The molecule has 0 spiro atoms. The van der Waals surface area contributed by atoms with Crippen LogP contribution in [-0.2, 0) is 4.79 Å². The first kappa shape index (κ1) is 12.9. The van der Waals surface area contributed by atoms with Crippen LogP contribution in [0.4, 0.5) is 4.39 Å². The average molecular weight is 262 g/mol. The van der Waals surface area contributed by atoms with Crippen LogP contribution in [0.25, 0.3) is 10.8 Å². The maximum absolute atomic E-state index is 13.2. The largest absolute Gasteiger partial charge is 0.480 e. The Balaban J connectivity index is 2.42. The lowest BCUT2D eigenvalue weighted by molar-refractivity contribution is -0.138. The quantitative estimate of drug-likeness (QED) is 0.880. The molecule has 2 rings (SSSR count). The van der Waals surface area contributed by atoms with Crippen molar-refractivity contribution in [3.05, 3.63) is 42.0 Å². The van der Waals surface area contributed by atoms with E-state index in [4.69, 9.17) is 5.11 Å². The number of pyridine rings is 1. The van der Waals surface area contributed by atoms with Gasteiger partial charge in [-0.25, -0.2) is 4.39 Å². The molecule has 0 bridgehead atoms. The van der Waals surface area contributed by atoms with Gasteiger partial charge in [0.15, 0.2) is 0 Å². The van der Waals surface area contributed by atoms with Crippen LogP contribution in [0.1, 0.15) is 17.4 Å². The van der Waals surface area contributed by atoms with Crippen LogP contribution in [0.3, 0.4) is 0 Å². The summed E-state index contributed by atoms with van der Waals surface area (Å²) in [7, 11) is 0. The molecule has 0 aliphatic rings. The highest BCUT2D eigenvalue weighted by atomic mass is 19.1. The second-order valence-corrected chi connectivity index (χ2v) is 4.06. The standard InChI is InChI=1S/C13H11FN2O3/c1-7(13(18)19)16-12(17)11-10-6-9(14)3-2-8(10)4-5-15-11/h2-7H,1H3,(H,16,17)(H,18,19). The molecule has 0 fully saturated rings. The van der Waals surface area contributed by atoms with E-state index in [9.17, 15) is 14.0 Å². The van der Waals surface area contributed by atoms with Crippen LogP contribution in [0.5, 0.6) is 0 Å². The minimum atomic E-state index is -1.15. The Labute approximate surface area is 108 Å². The summed E-state index contributed by atoms with van der Waals surface area (Å²) in [6.07, 6.45) is 1.42. The molecular weight excluding hydrogens is 251 g/mol. The molecule has 6 heteroatoms. The molecule has 1 atom stereocenters. The average Bonchev–Trinajstić information content (AvgIpc) is 2.37. The zero-order valence-electron chi connectivity index (χ0n) is 10.1. The second-order valence-electron chi connectivity index (χ2n) is 4.06. The number of fused-ring (bicyclic) bond motifs is 1. The first-order chi connectivity index (χ1) is 8.99. The number of aromatic nitrogens is 1. The van der Waals surface area contributed by atoms with E-state index >= 15 is 0 Å². The Hall–Kier alpha value is -2.50. The molecule has 0 radical (unpaired) electrons. The summed E-state index contributed by atoms with van der Waals surface area (Å²) in [6.45, 7) is 1.34. The fourth-order valence-corrected chi connectivity index (χ4v) is 1.65. The molecule has 98 valence electrons. The molecule has 1 amide bonds. The van der Waals surface area contributed by atoms with Crippen molar-refractivity contribution in [3.8, 4) is 0 Å². The van der Waals surface area contributed by atoms with Crippen molar-refractivity contribution in [2.75, 3.05) is 0 Å². The van der Waals surface area contributed by atoms with Gasteiger partial charge in [0, 0.05) is 11.6 Å². The third-order valence-corrected chi connectivity index (χ3v) is 2.66. The summed E-state index contributed by atoms with van der Waals surface area (Å²) in [5.41, 5.74) is 0.00472. The highest BCUT2D eigenvalue weighted by Gasteiger charge is 2.18. The molecule has 19 heavy (non-hydrogen) atoms. The van der Waals surface area contributed by atoms with Crippen LogP contribution in [-0.4, -0.2) is 28.0 Å². The zero-order chi connectivity index (χ0) is 14.0. The third-order valence-electron chi connectivity index (χ3n) is 2.66. The van der Waals surface area contributed by atoms with Crippen molar-refractivity contribution in [1.29, 1.82) is 0 Å². The molecule has 1 aromatic heterocycles. The molecule has 0 aliphatic heterocycles. The molecule has 0 aliphatic carbocycles. The number of carboxylic acid groups (broad SMARTS) is 1. The highest BCUT2D eigenvalue weighted by molar-refractivity contribution is 6.06. The van der Waals surface area contributed by atoms with Crippen molar-refractivity contribution in [1.82, 2.24) is 10.3 Å². The van der Waals surface area contributed by atoms with Gasteiger partial charge in [-0.15, -0.1) is 0 Å². The number of hydrogen-bond acceptors (Lipinski definition) is 3. The number of carbonyl (C=O) groups excluding carboxylic acids is 1. The molecule has 2 aromatic rings. The Kier molecular flexibility index (Phi) is 3.41. The molecule has 0 saturated carbocycles. The van der Waals surface area contributed by atoms with Crippen LogP contribution >= 0.6 is 0 Å². The fraction of sp³-hybridized carbons (Fsp3) is 0.154. The van der Waals surface area contributed by atoms with Crippen LogP contribution in [0.15, 0.2) is 30.5 Å². The lowest BCUT2D eigenvalue weighted by Gasteiger charge is -2.10. The second kappa shape index (κ2) is 5.01. The number of hydrogen-bond donors (Lipinski definition) is 2. The summed E-state index contributed by atoms with van der Waals surface area (Å²) in [5, 5.41) is 12.0. The number of halogens is 1. The third kappa shape index (κ3) is 2.67. The van der Waals surface area contributed by atoms with Crippen LogP contribution in [0.2, 0.25) is 0 Å². The molecule has 0 saturated heterocycles. The molecule has 1 aromatic carbocycles. The van der Waals surface area contributed by atoms with Gasteiger partial charge in [0.05, 0.1) is 0 Å². The van der Waals surface area contributed by atoms with E-state index < -0.39 is 23.7 Å². The number of aliphatic carboxylic acids is 1. The number of carboxylic acids is 1. The normalized spacial score (nSPS) is 12.1. The monoisotopic (exact) mass is 262 g/mol. The first-order valence-electron chi connectivity index (χ1n) is 5.57. The summed E-state index contributed by atoms with van der Waals surface area (Å²) < 4.78 is 13.2. The lowest BCUT2D eigenvalue weighted by atomic mass is 10.1. The first-order valence-corrected chi connectivity index (χ1v) is 5.57. The lowest BCUT2D eigenvalue weighted by Crippen LogP contribution is -2.38. The Bertz CT molecular complexity index is 657. The number of benzene rings is 1. The van der Waals surface area contributed by atoms with Crippen LogP contribution in [0, 0.1) is 5.82 Å². The molecule has 1 heterocycles. The van der Waals surface area contributed by atoms with Gasteiger partial charge in [-0.05, 0) is 30.5 Å². The highest BCUT2D eigenvalue weighted by Crippen LogP contribution is 2.18. The smallest absolute Gasteiger partial charge is 0.325 e. The Morgan fingerprint density at radius 3 is 2.79 bits per heavy atom. The van der Waals surface area contributed by atoms with E-state index in [2.05, 4.69) is 10.3 Å². The topological polar surface area (TPSA) is 79.3 Å². The Morgan fingerprint density at radius 1 is 1.37 bits per heavy atom. The van der Waals surface area contributed by atoms with Crippen molar-refractivity contribution >= 4 is 22.6 Å². The van der Waals surface area contributed by atoms with E-state index in [1.54, 1.807) is 6.07 Å². The maximum Gasteiger partial charge on any atom is 0.325 e. The number of nitrogens with one attached hydrogen (secondary N) is 1. The van der Waals surface area contributed by atoms with E-state index in [0.29, 0.717) is 10.8 Å². The maximum atomic E-state index is 13.2. The Morgan fingerprint density at radius 2 is 2.11 bits per heavy atom. The summed E-state index contributed by atoms with van der Waals surface area (Å²) >= 11 is 0. The van der Waals surface area contributed by atoms with Crippen molar-refractivity contribution in [2.24, 2.45) is 0 Å². The van der Waals surface area contributed by atoms with Gasteiger partial charge in [-0.1, -0.05) is 6.07 Å². The van der Waals surface area contributed by atoms with Gasteiger partial charge < -0.3 is 10.4 Å². The van der Waals surface area contributed by atoms with Gasteiger partial charge >= 0.3 is 5.97 Å². The number of carbonyl (C=O) groups is 2. The van der Waals surface area contributed by atoms with Crippen molar-refractivity contribution < 1.29 is 19.1 Å². The molecule has 1 unspecified atom stereocenters. The predicted molar refractivity (Wildman–Crippen MR) is 66.3 cm³/mol. The van der Waals surface area contributed by atoms with Crippen molar-refractivity contribution in [2.45, 2.75) is 13.0 Å². The minimum absolute atomic E-state index is 0.00472. The van der Waals surface area contributed by atoms with Crippen molar-refractivity contribution in [3.63, 3.8) is 0 Å². The van der Waals surface area contributed by atoms with Gasteiger partial charge in [0.1, 0.15) is 17.6 Å². The number of nitrogens with zero attached hydrogens (tertiary/aromatic N) is 1. The minimum Gasteiger partial charge on any atom is -0.480 e. The van der Waals surface area contributed by atoms with E-state index in [-0.39, 0.29) is 5.69 Å². The van der Waals surface area contributed by atoms with E-state index in [1.165, 1.54) is 31.3 Å². The van der Waals surface area contributed by atoms with E-state index in [0.717, 1.165) is 0 Å². The molecular formula is C13H11FN2O3. The fourth-order valence-electron chi connectivity index (χ4n) is 1.65. The SMILES string of the molecule is CC(NC(=O)c1nccc2ccc(F)cc12)C(=O)O. The van der Waals surface area contributed by atoms with Crippen LogP contribution < -0.4 is 5.32 Å². The molecule has 2 N–H and O–H groups in total. The number of amides is 1. The van der Waals surface area contributed by atoms with Gasteiger partial charge in [0.25, 0.3) is 5.91 Å². The van der Waals surface area contributed by atoms with Gasteiger partial charge in [-0.3, -0.25) is 14.6 Å². The summed E-state index contributed by atoms with van der Waals surface area (Å²) in [5.74, 6) is -2.29. The summed E-state index contributed by atoms with van der Waals surface area (Å²) in [4.78, 5) is 26.5. The zero-order valence-corrected chi connectivity index (χ0v) is 10.1. The van der Waals surface area contributed by atoms with Gasteiger partial charge in [-0.2, -0.15) is 0 Å². The number of rotatable bonds is 3. The summed E-state index contributed by atoms with van der Waals surface area (Å²) in [6, 6.07) is 4.61. The van der Waals surface area contributed by atoms with Gasteiger partial charge in [0.2, 0.25) is 0 Å². The van der Waals surface area contributed by atoms with E-state index in [1.807, 2.05) is 0 Å². The predicted octanol–water partition coefficient (Wildman–Crippen LogP) is 1.58.